The normalized spacial score (nSPS) is 10.3. The molecule has 0 radical (unpaired) electrons. The van der Waals surface area contributed by atoms with Crippen molar-refractivity contribution in [3.63, 3.8) is 0 Å². The number of aliphatic hydroxyl groups excluding tert-OH is 2. The van der Waals surface area contributed by atoms with Gasteiger partial charge >= 0.3 is 0 Å². The van der Waals surface area contributed by atoms with Gasteiger partial charge in [0.1, 0.15) is 12.4 Å². The van der Waals surface area contributed by atoms with E-state index < -0.39 is 0 Å². The first-order valence-electron chi connectivity index (χ1n) is 5.83. The van der Waals surface area contributed by atoms with E-state index in [1.165, 1.54) is 0 Å². The lowest BCUT2D eigenvalue weighted by Crippen LogP contribution is -1.99. The predicted molar refractivity (Wildman–Crippen MR) is 69.1 cm³/mol. The summed E-state index contributed by atoms with van der Waals surface area (Å²) >= 11 is 0. The zero-order valence-electron chi connectivity index (χ0n) is 10.0. The molecule has 0 atom stereocenters. The van der Waals surface area contributed by atoms with Crippen LogP contribution in [-0.2, 0) is 19.8 Å². The van der Waals surface area contributed by atoms with Crippen molar-refractivity contribution >= 4 is 0 Å². The van der Waals surface area contributed by atoms with Crippen molar-refractivity contribution in [1.29, 1.82) is 0 Å². The summed E-state index contributed by atoms with van der Waals surface area (Å²) in [5, 5.41) is 18.3. The van der Waals surface area contributed by atoms with Gasteiger partial charge in [0, 0.05) is 0 Å². The van der Waals surface area contributed by atoms with Crippen molar-refractivity contribution in [2.24, 2.45) is 0 Å². The molecule has 0 bridgehead atoms. The fraction of sp³-hybridized carbons (Fsp3) is 0.200. The minimum Gasteiger partial charge on any atom is -0.489 e. The SMILES string of the molecule is OCc1ccc(COc2ccccc2)cc1CO. The Kier molecular flexibility index (Phi) is 4.34. The number of ether oxygens (including phenoxy) is 1. The average molecular weight is 244 g/mol. The van der Waals surface area contributed by atoms with E-state index in [4.69, 9.17) is 9.84 Å². The monoisotopic (exact) mass is 244 g/mol. The highest BCUT2D eigenvalue weighted by molar-refractivity contribution is 5.31. The molecule has 0 aliphatic carbocycles. The first-order chi connectivity index (χ1) is 8.83. The molecular formula is C15H16O3. The average Bonchev–Trinajstić information content (AvgIpc) is 2.45. The summed E-state index contributed by atoms with van der Waals surface area (Å²) < 4.78 is 5.62. The first kappa shape index (κ1) is 12.6. The van der Waals surface area contributed by atoms with E-state index in [-0.39, 0.29) is 13.2 Å². The molecule has 94 valence electrons. The molecule has 0 aromatic heterocycles. The van der Waals surface area contributed by atoms with Crippen LogP contribution in [0.4, 0.5) is 0 Å². The van der Waals surface area contributed by atoms with Gasteiger partial charge in [-0.15, -0.1) is 0 Å². The zero-order valence-corrected chi connectivity index (χ0v) is 10.0. The number of rotatable bonds is 5. The smallest absolute Gasteiger partial charge is 0.119 e. The largest absolute Gasteiger partial charge is 0.489 e. The van der Waals surface area contributed by atoms with E-state index in [9.17, 15) is 5.11 Å². The third kappa shape index (κ3) is 3.09. The maximum absolute atomic E-state index is 9.21. The van der Waals surface area contributed by atoms with E-state index in [1.54, 1.807) is 0 Å². The van der Waals surface area contributed by atoms with Gasteiger partial charge in [0.25, 0.3) is 0 Å². The number of para-hydroxylation sites is 1. The van der Waals surface area contributed by atoms with Crippen molar-refractivity contribution in [3.8, 4) is 5.75 Å². The van der Waals surface area contributed by atoms with E-state index >= 15 is 0 Å². The van der Waals surface area contributed by atoms with E-state index in [1.807, 2.05) is 48.5 Å². The Balaban J connectivity index is 2.06. The maximum atomic E-state index is 9.21. The van der Waals surface area contributed by atoms with Crippen molar-refractivity contribution in [2.45, 2.75) is 19.8 Å². The van der Waals surface area contributed by atoms with Crippen LogP contribution in [0.15, 0.2) is 48.5 Å². The highest BCUT2D eigenvalue weighted by Crippen LogP contribution is 2.15. The number of hydrogen-bond donors (Lipinski definition) is 2. The molecule has 0 amide bonds. The zero-order chi connectivity index (χ0) is 12.8. The Bertz CT molecular complexity index is 494. The lowest BCUT2D eigenvalue weighted by atomic mass is 10.1. The van der Waals surface area contributed by atoms with E-state index in [0.717, 1.165) is 22.4 Å². The van der Waals surface area contributed by atoms with Gasteiger partial charge in [-0.25, -0.2) is 0 Å². The molecule has 0 heterocycles. The van der Waals surface area contributed by atoms with Gasteiger partial charge < -0.3 is 14.9 Å². The lowest BCUT2D eigenvalue weighted by Gasteiger charge is -2.09. The Morgan fingerprint density at radius 2 is 1.56 bits per heavy atom. The van der Waals surface area contributed by atoms with Crippen LogP contribution in [0.3, 0.4) is 0 Å². The molecule has 0 aliphatic rings. The second-order valence-electron chi connectivity index (χ2n) is 4.02. The minimum atomic E-state index is -0.0743. The molecule has 18 heavy (non-hydrogen) atoms. The molecule has 2 rings (SSSR count). The van der Waals surface area contributed by atoms with Crippen LogP contribution >= 0.6 is 0 Å². The van der Waals surface area contributed by atoms with E-state index in [2.05, 4.69) is 0 Å². The second kappa shape index (κ2) is 6.19. The van der Waals surface area contributed by atoms with Crippen LogP contribution in [0.1, 0.15) is 16.7 Å². The maximum Gasteiger partial charge on any atom is 0.119 e. The molecule has 0 fully saturated rings. The van der Waals surface area contributed by atoms with Crippen molar-refractivity contribution < 1.29 is 14.9 Å². The Morgan fingerprint density at radius 3 is 2.22 bits per heavy atom. The van der Waals surface area contributed by atoms with Gasteiger partial charge in [0.2, 0.25) is 0 Å². The number of hydrogen-bond acceptors (Lipinski definition) is 3. The molecular weight excluding hydrogens is 228 g/mol. The lowest BCUT2D eigenvalue weighted by molar-refractivity contribution is 0.259. The number of benzene rings is 2. The molecule has 0 saturated heterocycles. The highest BCUT2D eigenvalue weighted by Gasteiger charge is 2.03. The van der Waals surface area contributed by atoms with Crippen LogP contribution in [-0.4, -0.2) is 10.2 Å². The summed E-state index contributed by atoms with van der Waals surface area (Å²) in [5.74, 6) is 0.814. The molecule has 2 aromatic rings. The van der Waals surface area contributed by atoms with Gasteiger partial charge in [0.05, 0.1) is 13.2 Å². The summed E-state index contributed by atoms with van der Waals surface area (Å²) in [4.78, 5) is 0. The van der Waals surface area contributed by atoms with Crippen LogP contribution in [0.2, 0.25) is 0 Å². The fourth-order valence-corrected chi connectivity index (χ4v) is 1.75. The molecule has 0 aliphatic heterocycles. The van der Waals surface area contributed by atoms with Gasteiger partial charge in [0.15, 0.2) is 0 Å². The molecule has 3 nitrogen and oxygen atoms in total. The molecule has 2 N–H and O–H groups in total. The third-order valence-corrected chi connectivity index (χ3v) is 2.76. The van der Waals surface area contributed by atoms with E-state index in [0.29, 0.717) is 6.61 Å². The first-order valence-corrected chi connectivity index (χ1v) is 5.83. The van der Waals surface area contributed by atoms with Crippen LogP contribution < -0.4 is 4.74 Å². The molecule has 0 unspecified atom stereocenters. The third-order valence-electron chi connectivity index (χ3n) is 2.76. The van der Waals surface area contributed by atoms with Crippen molar-refractivity contribution in [1.82, 2.24) is 0 Å². The summed E-state index contributed by atoms with van der Waals surface area (Å²) in [6.07, 6.45) is 0. The summed E-state index contributed by atoms with van der Waals surface area (Å²) in [6.45, 7) is 0.313. The Morgan fingerprint density at radius 1 is 0.833 bits per heavy atom. The van der Waals surface area contributed by atoms with Gasteiger partial charge in [-0.1, -0.05) is 30.3 Å². The Labute approximate surface area is 106 Å². The van der Waals surface area contributed by atoms with Crippen molar-refractivity contribution in [2.75, 3.05) is 0 Å². The summed E-state index contributed by atoms with van der Waals surface area (Å²) in [5.41, 5.74) is 2.47. The molecule has 0 spiro atoms. The van der Waals surface area contributed by atoms with Crippen LogP contribution in [0.25, 0.3) is 0 Å². The van der Waals surface area contributed by atoms with Gasteiger partial charge in [-0.05, 0) is 34.9 Å². The summed E-state index contributed by atoms with van der Waals surface area (Å²) in [7, 11) is 0. The van der Waals surface area contributed by atoms with Gasteiger partial charge in [-0.3, -0.25) is 0 Å². The molecule has 3 heteroatoms. The van der Waals surface area contributed by atoms with Crippen molar-refractivity contribution in [3.05, 3.63) is 65.2 Å². The quantitative estimate of drug-likeness (QED) is 0.848. The van der Waals surface area contributed by atoms with Crippen LogP contribution in [0, 0.1) is 0 Å². The Hall–Kier alpha value is -1.84. The molecule has 2 aromatic carbocycles. The highest BCUT2D eigenvalue weighted by atomic mass is 16.5. The predicted octanol–water partition coefficient (Wildman–Crippen LogP) is 2.25. The van der Waals surface area contributed by atoms with Crippen LogP contribution in [0.5, 0.6) is 5.75 Å². The standard InChI is InChI=1S/C15H16O3/c16-9-13-7-6-12(8-14(13)10-17)11-18-15-4-2-1-3-5-15/h1-8,16-17H,9-11H2. The van der Waals surface area contributed by atoms with Gasteiger partial charge in [-0.2, -0.15) is 0 Å². The second-order valence-corrected chi connectivity index (χ2v) is 4.02. The summed E-state index contributed by atoms with van der Waals surface area (Å²) in [6, 6.07) is 15.1. The topological polar surface area (TPSA) is 49.7 Å². The number of aliphatic hydroxyl groups is 2. The minimum absolute atomic E-state index is 0.0598. The fourth-order valence-electron chi connectivity index (χ4n) is 1.75. The molecule has 0 saturated carbocycles.